The molecule has 0 radical (unpaired) electrons. The molecule has 3 amide bonds. The number of hydrogen-bond donors (Lipinski definition) is 4. The summed E-state index contributed by atoms with van der Waals surface area (Å²) in [5.74, 6) is 7.10. The molecule has 0 saturated carbocycles. The summed E-state index contributed by atoms with van der Waals surface area (Å²) in [4.78, 5) is 57.4. The number of ether oxygens (including phenoxy) is 3. The highest BCUT2D eigenvalue weighted by Crippen LogP contribution is 2.36. The molecule has 3 atom stereocenters. The van der Waals surface area contributed by atoms with E-state index in [-0.39, 0.29) is 42.5 Å². The summed E-state index contributed by atoms with van der Waals surface area (Å²) in [7, 11) is 0. The normalized spacial score (nSPS) is 13.6. The van der Waals surface area contributed by atoms with Crippen LogP contribution in [-0.2, 0) is 32.6 Å². The van der Waals surface area contributed by atoms with Gasteiger partial charge in [-0.1, -0.05) is 150 Å². The van der Waals surface area contributed by atoms with E-state index in [9.17, 15) is 19.5 Å². The van der Waals surface area contributed by atoms with Crippen LogP contribution in [0.5, 0.6) is 34.5 Å². The van der Waals surface area contributed by atoms with Gasteiger partial charge in [0.1, 0.15) is 52.0 Å². The van der Waals surface area contributed by atoms with E-state index in [0.717, 1.165) is 103 Å². The number of fused-ring (bicyclic) bond motifs is 3. The number of carbonyl (C=O) groups is 3. The van der Waals surface area contributed by atoms with Crippen LogP contribution in [0.1, 0.15) is 131 Å². The van der Waals surface area contributed by atoms with Crippen molar-refractivity contribution in [3.63, 3.8) is 0 Å². The Bertz CT molecular complexity index is 4540. The van der Waals surface area contributed by atoms with Crippen molar-refractivity contribution in [3.05, 3.63) is 321 Å². The van der Waals surface area contributed by atoms with E-state index in [1.54, 1.807) is 29.6 Å². The molecule has 16 nitrogen and oxygen atoms in total. The number of rotatable bonds is 22. The van der Waals surface area contributed by atoms with Crippen LogP contribution in [0.4, 0.5) is 17.5 Å². The first-order valence-corrected chi connectivity index (χ1v) is 33.5. The van der Waals surface area contributed by atoms with Crippen molar-refractivity contribution in [1.29, 1.82) is 0 Å². The van der Waals surface area contributed by atoms with Crippen LogP contribution in [0.15, 0.2) is 243 Å². The van der Waals surface area contributed by atoms with Crippen molar-refractivity contribution in [1.82, 2.24) is 29.7 Å². The van der Waals surface area contributed by atoms with Crippen molar-refractivity contribution in [2.24, 2.45) is 0 Å². The van der Waals surface area contributed by atoms with E-state index in [1.165, 1.54) is 22.3 Å². The minimum atomic E-state index is -0.0604. The molecule has 3 aromatic heterocycles. The van der Waals surface area contributed by atoms with Crippen molar-refractivity contribution < 1.29 is 33.7 Å². The Hall–Kier alpha value is -11.6. The van der Waals surface area contributed by atoms with Crippen molar-refractivity contribution in [2.45, 2.75) is 92.3 Å². The van der Waals surface area contributed by atoms with Crippen molar-refractivity contribution >= 4 is 35.2 Å². The number of aromatic nitrogens is 3. The second-order valence-electron chi connectivity index (χ2n) is 25.2. The maximum Gasteiger partial charge on any atom is 0.255 e. The largest absolute Gasteiger partial charge is 0.457 e. The number of aryl methyl sites for hydroxylation is 3. The molecule has 3 aliphatic rings. The Labute approximate surface area is 579 Å². The van der Waals surface area contributed by atoms with Crippen LogP contribution in [0.3, 0.4) is 0 Å². The van der Waals surface area contributed by atoms with Gasteiger partial charge < -0.3 is 50.0 Å². The number of aliphatic hydroxyl groups excluding tert-OH is 1. The fraction of sp³-hybridized carbons (Fsp3) is 0.205. The number of amides is 3. The van der Waals surface area contributed by atoms with Crippen molar-refractivity contribution in [3.8, 4) is 34.5 Å². The molecule has 0 unspecified atom stereocenters. The molecule has 99 heavy (non-hydrogen) atoms. The zero-order chi connectivity index (χ0) is 68.8. The van der Waals surface area contributed by atoms with Crippen LogP contribution in [0.25, 0.3) is 0 Å². The van der Waals surface area contributed by atoms with Gasteiger partial charge in [0.05, 0.1) is 26.2 Å². The number of hydrogen-bond acceptors (Lipinski definition) is 13. The fourth-order valence-electron chi connectivity index (χ4n) is 12.1. The highest BCUT2D eigenvalue weighted by atomic mass is 16.5. The number of benzene rings is 8. The molecule has 3 aliphatic heterocycles. The predicted molar refractivity (Wildman–Crippen MR) is 389 cm³/mol. The first kappa shape index (κ1) is 67.4. The lowest BCUT2D eigenvalue weighted by Crippen LogP contribution is -2.26. The van der Waals surface area contributed by atoms with Gasteiger partial charge in [-0.05, 0) is 167 Å². The Balaban J connectivity index is 0.000000141. The van der Waals surface area contributed by atoms with Crippen LogP contribution >= 0.6 is 0 Å². The number of carbonyl (C=O) groups excluding carboxylic acids is 3. The van der Waals surface area contributed by atoms with Crippen LogP contribution in [0.2, 0.25) is 0 Å². The minimum Gasteiger partial charge on any atom is -0.457 e. The summed E-state index contributed by atoms with van der Waals surface area (Å²) in [5.41, 5.74) is 14.2. The summed E-state index contributed by atoms with van der Waals surface area (Å²) >= 11 is 0. The summed E-state index contributed by atoms with van der Waals surface area (Å²) in [6, 6.07) is 73.8. The van der Waals surface area contributed by atoms with Gasteiger partial charge in [0, 0.05) is 89.7 Å². The zero-order valence-corrected chi connectivity index (χ0v) is 56.6. The molecule has 0 saturated heterocycles. The third kappa shape index (κ3) is 17.0. The number of aliphatic hydroxyl groups is 1. The monoisotopic (exact) mass is 1320 g/mol. The number of nitrogens with zero attached hydrogens (tertiary/aromatic N) is 6. The fourth-order valence-corrected chi connectivity index (χ4v) is 12.1. The average Bonchev–Trinajstić information content (AvgIpc) is 1.66. The summed E-state index contributed by atoms with van der Waals surface area (Å²) in [5, 5.41) is 19.6. The molecule has 0 spiro atoms. The highest BCUT2D eigenvalue weighted by Gasteiger charge is 2.33. The second-order valence-corrected chi connectivity index (χ2v) is 25.2. The summed E-state index contributed by atoms with van der Waals surface area (Å²) in [6.45, 7) is 15.5. The highest BCUT2D eigenvalue weighted by molar-refractivity contribution is 6.01. The van der Waals surface area contributed by atoms with E-state index < -0.39 is 0 Å². The van der Waals surface area contributed by atoms with Gasteiger partial charge in [-0.2, -0.15) is 0 Å². The number of pyridine rings is 3. The molecule has 0 bridgehead atoms. The molecule has 0 aliphatic carbocycles. The minimum absolute atomic E-state index is 0.000538. The Kier molecular flexibility index (Phi) is 21.4. The number of β-amino-alcohol motifs (C(OH)–C–C–N with tert-alkyl or cyclic N) is 1. The second kappa shape index (κ2) is 31.5. The van der Waals surface area contributed by atoms with Crippen LogP contribution in [0, 0.1) is 20.8 Å². The third-order valence-corrected chi connectivity index (χ3v) is 17.8. The molecule has 4 N–H and O–H groups in total. The molecule has 500 valence electrons. The van der Waals surface area contributed by atoms with Gasteiger partial charge in [-0.15, -0.1) is 0 Å². The molecule has 6 heterocycles. The molecule has 8 aromatic carbocycles. The quantitative estimate of drug-likeness (QED) is 0.0503. The lowest BCUT2D eigenvalue weighted by Gasteiger charge is -2.18. The maximum atomic E-state index is 13.0. The summed E-state index contributed by atoms with van der Waals surface area (Å²) < 4.78 is 17.8. The Morgan fingerprint density at radius 2 is 0.667 bits per heavy atom. The molecular formula is C83H81N9O7. The third-order valence-electron chi connectivity index (χ3n) is 17.8. The van der Waals surface area contributed by atoms with Gasteiger partial charge in [0.25, 0.3) is 17.7 Å². The molecule has 0 fully saturated rings. The smallest absolute Gasteiger partial charge is 0.255 e. The van der Waals surface area contributed by atoms with E-state index >= 15 is 0 Å². The van der Waals surface area contributed by atoms with E-state index in [2.05, 4.69) is 102 Å². The topological polar surface area (TPSA) is 184 Å². The average molecular weight is 1320 g/mol. The first-order chi connectivity index (χ1) is 48.2. The van der Waals surface area contributed by atoms with Gasteiger partial charge in [0.2, 0.25) is 0 Å². The van der Waals surface area contributed by atoms with E-state index in [0.29, 0.717) is 50.6 Å². The molecule has 11 aromatic rings. The zero-order valence-electron chi connectivity index (χ0n) is 56.6. The van der Waals surface area contributed by atoms with Crippen molar-refractivity contribution in [2.75, 3.05) is 35.6 Å². The Morgan fingerprint density at radius 3 is 1.00 bits per heavy atom. The summed E-state index contributed by atoms with van der Waals surface area (Å²) in [6.07, 6.45) is 5.90. The maximum absolute atomic E-state index is 13.0. The standard InChI is InChI=1S/C30H29N3O2.C29H27N3O2.C24H25N3O3/c1-21-8-12-25(13-9-21)35-26-14-10-24(11-15-26)22(2)32-29-28-20-33(30(34)27(28)16-18-31-29)19-17-23-6-4-3-5-7-23;1-20-8-12-24(13-9-20)34-25-14-10-23(11-15-25)21(2)31-28-27-19-32(18-22-6-4-3-5-7-22)29(33)26(27)16-17-30-28;1-16-3-7-19(8-4-16)30-20-9-5-18(6-10-20)17(2)26-23-22-15-27(13-14-28)24(29)21(22)11-12-25-23/h3-16,18,22H,17,19-20H2,1-2H3,(H,31,32);3-17,21H,18-19H2,1-2H3,(H,30,31);3-12,17,28H,13-15H2,1-2H3,(H,25,26)/t22-;21-;17-/m000/s1. The molecular weight excluding hydrogens is 1230 g/mol. The van der Waals surface area contributed by atoms with Crippen LogP contribution < -0.4 is 30.2 Å². The van der Waals surface area contributed by atoms with E-state index in [4.69, 9.17) is 14.2 Å². The lowest BCUT2D eigenvalue weighted by atomic mass is 10.1. The van der Waals surface area contributed by atoms with Crippen LogP contribution in [-0.4, -0.2) is 72.2 Å². The number of nitrogens with one attached hydrogen (secondary N) is 3. The van der Waals surface area contributed by atoms with Gasteiger partial charge in [-0.25, -0.2) is 15.0 Å². The van der Waals surface area contributed by atoms with Gasteiger partial charge in [-0.3, -0.25) is 14.4 Å². The van der Waals surface area contributed by atoms with E-state index in [1.807, 2.05) is 199 Å². The Morgan fingerprint density at radius 1 is 0.374 bits per heavy atom. The van der Waals surface area contributed by atoms with Gasteiger partial charge in [0.15, 0.2) is 0 Å². The lowest BCUT2D eigenvalue weighted by molar-refractivity contribution is 0.0743. The predicted octanol–water partition coefficient (Wildman–Crippen LogP) is 17.4. The molecule has 16 heteroatoms. The first-order valence-electron chi connectivity index (χ1n) is 33.5. The molecule has 14 rings (SSSR count). The van der Waals surface area contributed by atoms with Gasteiger partial charge >= 0.3 is 0 Å². The SMILES string of the molecule is Cc1ccc(Oc2ccc([C@H](C)Nc3nccc4c3CN(CCO)C4=O)cc2)cc1.Cc1ccc(Oc2ccc([C@H](C)Nc3nccc4c3CN(CCc3ccccc3)C4=O)cc2)cc1.Cc1ccc(Oc2ccc([C@H](C)Nc3nccc4c3CN(Cc3ccccc3)C4=O)cc2)cc1. The number of anilines is 3.